The van der Waals surface area contributed by atoms with Crippen LogP contribution >= 0.6 is 11.3 Å². The number of phenols is 1. The van der Waals surface area contributed by atoms with E-state index in [0.717, 1.165) is 36.6 Å². The summed E-state index contributed by atoms with van der Waals surface area (Å²) in [5.41, 5.74) is 3.22. The molecule has 1 N–H and O–H groups in total. The summed E-state index contributed by atoms with van der Waals surface area (Å²) in [6.45, 7) is 4.35. The molecular weight excluding hydrogens is 328 g/mol. The van der Waals surface area contributed by atoms with E-state index in [1.165, 1.54) is 28.2 Å². The van der Waals surface area contributed by atoms with Gasteiger partial charge in [0.1, 0.15) is 11.6 Å². The number of aromatic hydroxyl groups is 1. The zero-order chi connectivity index (χ0) is 17.2. The van der Waals surface area contributed by atoms with Gasteiger partial charge < -0.3 is 10.0 Å². The van der Waals surface area contributed by atoms with Crippen LogP contribution in [-0.4, -0.2) is 23.2 Å². The summed E-state index contributed by atoms with van der Waals surface area (Å²) in [7, 11) is 0. The summed E-state index contributed by atoms with van der Waals surface area (Å²) in [5, 5.41) is 9.57. The van der Waals surface area contributed by atoms with Gasteiger partial charge in [0, 0.05) is 28.4 Å². The number of rotatable bonds is 4. The molecule has 1 aliphatic rings. The van der Waals surface area contributed by atoms with Crippen molar-refractivity contribution in [1.29, 1.82) is 0 Å². The Balaban J connectivity index is 1.80. The van der Waals surface area contributed by atoms with Crippen LogP contribution in [0, 0.1) is 0 Å². The molecule has 0 aliphatic carbocycles. The van der Waals surface area contributed by atoms with Gasteiger partial charge in [-0.1, -0.05) is 6.92 Å². The van der Waals surface area contributed by atoms with E-state index in [0.29, 0.717) is 0 Å². The SMILES string of the molecule is CCc1ccc(-c2cc(-c3ccc(O)cc3)nc(N3CCCC3)c2)s1. The molecule has 1 fully saturated rings. The van der Waals surface area contributed by atoms with Crippen molar-refractivity contribution in [2.24, 2.45) is 0 Å². The molecule has 4 rings (SSSR count). The first-order valence-electron chi connectivity index (χ1n) is 8.88. The molecule has 0 atom stereocenters. The van der Waals surface area contributed by atoms with Crippen molar-refractivity contribution in [1.82, 2.24) is 4.98 Å². The number of aryl methyl sites for hydroxylation is 1. The third kappa shape index (κ3) is 3.40. The van der Waals surface area contributed by atoms with Crippen LogP contribution in [0.5, 0.6) is 5.75 Å². The molecule has 0 bridgehead atoms. The lowest BCUT2D eigenvalue weighted by molar-refractivity contribution is 0.475. The highest BCUT2D eigenvalue weighted by Crippen LogP contribution is 2.34. The van der Waals surface area contributed by atoms with Crippen LogP contribution in [0.2, 0.25) is 0 Å². The molecule has 0 saturated carbocycles. The molecule has 3 nitrogen and oxygen atoms in total. The van der Waals surface area contributed by atoms with Gasteiger partial charge in [0.15, 0.2) is 0 Å². The third-order valence-electron chi connectivity index (χ3n) is 4.70. The van der Waals surface area contributed by atoms with E-state index in [1.54, 1.807) is 12.1 Å². The Bertz CT molecular complexity index is 864. The molecule has 0 spiro atoms. The van der Waals surface area contributed by atoms with Crippen molar-refractivity contribution in [2.75, 3.05) is 18.0 Å². The Hall–Kier alpha value is -2.33. The summed E-state index contributed by atoms with van der Waals surface area (Å²) in [6, 6.07) is 16.1. The van der Waals surface area contributed by atoms with Crippen molar-refractivity contribution in [2.45, 2.75) is 26.2 Å². The molecule has 3 heterocycles. The van der Waals surface area contributed by atoms with Gasteiger partial charge in [-0.15, -0.1) is 11.3 Å². The fourth-order valence-electron chi connectivity index (χ4n) is 3.27. The monoisotopic (exact) mass is 350 g/mol. The van der Waals surface area contributed by atoms with Crippen molar-refractivity contribution >= 4 is 17.2 Å². The minimum atomic E-state index is 0.283. The van der Waals surface area contributed by atoms with Crippen molar-refractivity contribution in [3.05, 3.63) is 53.4 Å². The van der Waals surface area contributed by atoms with E-state index >= 15 is 0 Å². The molecule has 0 unspecified atom stereocenters. The second kappa shape index (κ2) is 6.89. The second-order valence-electron chi connectivity index (χ2n) is 6.46. The molecular formula is C21H22N2OS. The molecule has 25 heavy (non-hydrogen) atoms. The number of hydrogen-bond donors (Lipinski definition) is 1. The molecule has 3 aromatic rings. The lowest BCUT2D eigenvalue weighted by Crippen LogP contribution is -2.19. The van der Waals surface area contributed by atoms with Gasteiger partial charge in [0.2, 0.25) is 0 Å². The van der Waals surface area contributed by atoms with E-state index in [1.807, 2.05) is 23.5 Å². The maximum atomic E-state index is 9.57. The third-order valence-corrected chi connectivity index (χ3v) is 5.98. The predicted molar refractivity (Wildman–Crippen MR) is 105 cm³/mol. The van der Waals surface area contributed by atoms with E-state index in [2.05, 4.69) is 36.1 Å². The summed E-state index contributed by atoms with van der Waals surface area (Å²) in [6.07, 6.45) is 3.54. The normalized spacial score (nSPS) is 14.2. The highest BCUT2D eigenvalue weighted by molar-refractivity contribution is 7.15. The molecule has 1 aromatic carbocycles. The van der Waals surface area contributed by atoms with Crippen LogP contribution in [0.1, 0.15) is 24.6 Å². The van der Waals surface area contributed by atoms with Gasteiger partial charge in [-0.2, -0.15) is 0 Å². The van der Waals surface area contributed by atoms with Crippen molar-refractivity contribution < 1.29 is 5.11 Å². The fraction of sp³-hybridized carbons (Fsp3) is 0.286. The lowest BCUT2D eigenvalue weighted by Gasteiger charge is -2.18. The summed E-state index contributed by atoms with van der Waals surface area (Å²) < 4.78 is 0. The molecule has 0 radical (unpaired) electrons. The first kappa shape index (κ1) is 16.2. The van der Waals surface area contributed by atoms with Crippen LogP contribution in [-0.2, 0) is 6.42 Å². The summed E-state index contributed by atoms with van der Waals surface area (Å²) >= 11 is 1.86. The minimum Gasteiger partial charge on any atom is -0.508 e. The van der Waals surface area contributed by atoms with Gasteiger partial charge >= 0.3 is 0 Å². The first-order valence-corrected chi connectivity index (χ1v) is 9.70. The van der Waals surface area contributed by atoms with E-state index in [9.17, 15) is 5.11 Å². The zero-order valence-corrected chi connectivity index (χ0v) is 15.2. The lowest BCUT2D eigenvalue weighted by atomic mass is 10.1. The number of hydrogen-bond acceptors (Lipinski definition) is 4. The first-order chi connectivity index (χ1) is 12.2. The number of aromatic nitrogens is 1. The van der Waals surface area contributed by atoms with Crippen LogP contribution < -0.4 is 4.90 Å². The topological polar surface area (TPSA) is 36.4 Å². The Kier molecular flexibility index (Phi) is 4.45. The summed E-state index contributed by atoms with van der Waals surface area (Å²) in [4.78, 5) is 9.99. The van der Waals surface area contributed by atoms with Crippen LogP contribution in [0.4, 0.5) is 5.82 Å². The maximum Gasteiger partial charge on any atom is 0.129 e. The van der Waals surface area contributed by atoms with E-state index < -0.39 is 0 Å². The standard InChI is InChI=1S/C21H22N2OS/c1-2-18-9-10-20(25-18)16-13-19(15-5-7-17(24)8-6-15)22-21(14-16)23-11-3-4-12-23/h5-10,13-14,24H,2-4,11-12H2,1H3. The number of pyridine rings is 1. The quantitative estimate of drug-likeness (QED) is 0.689. The van der Waals surface area contributed by atoms with Crippen molar-refractivity contribution in [3.63, 3.8) is 0 Å². The largest absolute Gasteiger partial charge is 0.508 e. The van der Waals surface area contributed by atoms with Crippen LogP contribution in [0.15, 0.2) is 48.5 Å². The minimum absolute atomic E-state index is 0.283. The average molecular weight is 350 g/mol. The highest BCUT2D eigenvalue weighted by atomic mass is 32.1. The average Bonchev–Trinajstić information content (AvgIpc) is 3.34. The Morgan fingerprint density at radius 2 is 1.76 bits per heavy atom. The summed E-state index contributed by atoms with van der Waals surface area (Å²) in [5.74, 6) is 1.34. The fourth-order valence-corrected chi connectivity index (χ4v) is 4.20. The predicted octanol–water partition coefficient (Wildman–Crippen LogP) is 5.35. The number of phenolic OH excluding ortho intramolecular Hbond substituents is 1. The maximum absolute atomic E-state index is 9.57. The van der Waals surface area contributed by atoms with Crippen LogP contribution in [0.25, 0.3) is 21.7 Å². The van der Waals surface area contributed by atoms with E-state index in [4.69, 9.17) is 4.98 Å². The van der Waals surface area contributed by atoms with Gasteiger partial charge in [-0.3, -0.25) is 0 Å². The van der Waals surface area contributed by atoms with Gasteiger partial charge in [0.25, 0.3) is 0 Å². The molecule has 4 heteroatoms. The van der Waals surface area contributed by atoms with Gasteiger partial charge in [-0.25, -0.2) is 4.98 Å². The molecule has 0 amide bonds. The highest BCUT2D eigenvalue weighted by Gasteiger charge is 2.16. The van der Waals surface area contributed by atoms with Crippen LogP contribution in [0.3, 0.4) is 0 Å². The molecule has 2 aromatic heterocycles. The Morgan fingerprint density at radius 3 is 2.44 bits per heavy atom. The number of anilines is 1. The Morgan fingerprint density at radius 1 is 1.00 bits per heavy atom. The number of nitrogens with zero attached hydrogens (tertiary/aromatic N) is 2. The van der Waals surface area contributed by atoms with Gasteiger partial charge in [0.05, 0.1) is 5.69 Å². The van der Waals surface area contributed by atoms with Crippen molar-refractivity contribution in [3.8, 4) is 27.4 Å². The molecule has 1 saturated heterocycles. The Labute approximate surface area is 152 Å². The van der Waals surface area contributed by atoms with E-state index in [-0.39, 0.29) is 5.75 Å². The molecule has 1 aliphatic heterocycles. The molecule has 128 valence electrons. The van der Waals surface area contributed by atoms with Gasteiger partial charge in [-0.05, 0) is 73.4 Å². The zero-order valence-electron chi connectivity index (χ0n) is 14.4. The smallest absolute Gasteiger partial charge is 0.129 e. The number of thiophene rings is 1. The number of benzene rings is 1. The second-order valence-corrected chi connectivity index (χ2v) is 7.63.